The van der Waals surface area contributed by atoms with Crippen LogP contribution in [0, 0.1) is 26.1 Å². The van der Waals surface area contributed by atoms with Crippen LogP contribution < -0.4 is 14.8 Å². The predicted octanol–water partition coefficient (Wildman–Crippen LogP) is 4.94. The average Bonchev–Trinajstić information content (AvgIpc) is 2.98. The number of alkyl carbamates (subject to hydrolysis) is 1. The molecule has 3 aromatic carbocycles. The highest BCUT2D eigenvalue weighted by Crippen LogP contribution is 2.27. The molecular weight excluding hydrogens is 566 g/mol. The highest BCUT2D eigenvalue weighted by atomic mass is 16.6. The molecule has 0 aliphatic rings. The topological polar surface area (TPSA) is 197 Å². The highest BCUT2D eigenvalue weighted by Gasteiger charge is 2.22. The Kier molecular flexibility index (Phi) is 13.6. The fourth-order valence-corrected chi connectivity index (χ4v) is 3.42. The average molecular weight is 598 g/mol. The Morgan fingerprint density at radius 2 is 1.26 bits per heavy atom. The molecule has 2 N–H and O–H groups in total. The summed E-state index contributed by atoms with van der Waals surface area (Å²) in [5, 5.41) is 33.0. The number of hydrogen-bond acceptors (Lipinski definition) is 10. The van der Waals surface area contributed by atoms with Crippen molar-refractivity contribution in [1.29, 1.82) is 0 Å². The van der Waals surface area contributed by atoms with Crippen molar-refractivity contribution in [2.75, 3.05) is 13.2 Å². The van der Waals surface area contributed by atoms with E-state index in [1.54, 1.807) is 0 Å². The quantitative estimate of drug-likeness (QED) is 0.188. The molecule has 0 aliphatic carbocycles. The first-order chi connectivity index (χ1) is 20.5. The maximum absolute atomic E-state index is 11.8. The number of carbonyl (C=O) groups is 3. The molecule has 0 spiro atoms. The van der Waals surface area contributed by atoms with Crippen LogP contribution in [0.15, 0.2) is 78.9 Å². The number of carboxylic acid groups (broad SMARTS) is 1. The van der Waals surface area contributed by atoms with E-state index >= 15 is 0 Å². The second-order valence-corrected chi connectivity index (χ2v) is 9.29. The molecule has 0 aromatic heterocycles. The molecule has 3 aromatic rings. The lowest BCUT2D eigenvalue weighted by molar-refractivity contribution is -0.385. The molecule has 0 fully saturated rings. The van der Waals surface area contributed by atoms with E-state index in [1.807, 2.05) is 44.2 Å². The van der Waals surface area contributed by atoms with E-state index in [0.717, 1.165) is 5.56 Å². The Hall–Kier alpha value is -5.53. The summed E-state index contributed by atoms with van der Waals surface area (Å²) in [5.41, 5.74) is 0.336. The lowest BCUT2D eigenvalue weighted by atomic mass is 10.0. The van der Waals surface area contributed by atoms with Gasteiger partial charge in [0.25, 0.3) is 0 Å². The summed E-state index contributed by atoms with van der Waals surface area (Å²) < 4.78 is 15.2. The van der Waals surface area contributed by atoms with Gasteiger partial charge in [-0.3, -0.25) is 25.0 Å². The third-order valence-corrected chi connectivity index (χ3v) is 5.41. The summed E-state index contributed by atoms with van der Waals surface area (Å²) in [7, 11) is 0. The maximum atomic E-state index is 11.8. The molecular formula is C29H31N3O11. The standard InChI is InChI=1S/C15H12N2O7.C14H19NO4/c18-11(9-23-14-7-3-1-5-12(14)16(19)20)10-24-15-8-4-2-6-13(15)17(21)22;1-10(2)8-12(13(16)17)15-14(18)19-9-11-6-4-3-5-7-11/h1-8H,9-10H2;3-7,10,12H,8-9H2,1-2H3,(H,15,18)(H,16,17)/t;12-/m.0/s1. The summed E-state index contributed by atoms with van der Waals surface area (Å²) in [5.74, 6) is -1.48. The molecule has 0 bridgehead atoms. The van der Waals surface area contributed by atoms with Gasteiger partial charge in [-0.2, -0.15) is 0 Å². The molecule has 1 amide bonds. The van der Waals surface area contributed by atoms with Crippen LogP contribution in [0.5, 0.6) is 11.5 Å². The summed E-state index contributed by atoms with van der Waals surface area (Å²) >= 11 is 0. The van der Waals surface area contributed by atoms with Gasteiger partial charge in [0.15, 0.2) is 24.7 Å². The van der Waals surface area contributed by atoms with Gasteiger partial charge >= 0.3 is 23.4 Å². The van der Waals surface area contributed by atoms with Crippen LogP contribution in [0.4, 0.5) is 16.2 Å². The molecule has 3 rings (SSSR count). The van der Waals surface area contributed by atoms with Gasteiger partial charge in [-0.25, -0.2) is 9.59 Å². The number of ketones is 1. The number of rotatable bonds is 14. The number of benzene rings is 3. The first-order valence-electron chi connectivity index (χ1n) is 12.9. The molecule has 14 heteroatoms. The van der Waals surface area contributed by atoms with Crippen LogP contribution in [0.1, 0.15) is 25.8 Å². The van der Waals surface area contributed by atoms with Crippen LogP contribution in [0.25, 0.3) is 0 Å². The second-order valence-electron chi connectivity index (χ2n) is 9.29. The minimum absolute atomic E-state index is 0.0402. The number of para-hydroxylation sites is 4. The number of carbonyl (C=O) groups excluding carboxylic acids is 2. The van der Waals surface area contributed by atoms with E-state index in [4.69, 9.17) is 19.3 Å². The van der Waals surface area contributed by atoms with Gasteiger partial charge in [0.1, 0.15) is 12.6 Å². The number of carboxylic acids is 1. The number of ether oxygens (including phenoxy) is 3. The van der Waals surface area contributed by atoms with Gasteiger partial charge in [0, 0.05) is 12.1 Å². The van der Waals surface area contributed by atoms with Crippen LogP contribution in [-0.2, 0) is 20.9 Å². The molecule has 0 unspecified atom stereocenters. The lowest BCUT2D eigenvalue weighted by Gasteiger charge is -2.16. The number of hydrogen-bond donors (Lipinski definition) is 2. The van der Waals surface area contributed by atoms with Gasteiger partial charge in [0.2, 0.25) is 5.78 Å². The van der Waals surface area contributed by atoms with Crippen LogP contribution in [-0.4, -0.2) is 52.1 Å². The van der Waals surface area contributed by atoms with E-state index in [-0.39, 0.29) is 35.4 Å². The number of nitrogens with zero attached hydrogens (tertiary/aromatic N) is 2. The van der Waals surface area contributed by atoms with E-state index in [0.29, 0.717) is 6.42 Å². The van der Waals surface area contributed by atoms with E-state index in [9.17, 15) is 34.6 Å². The van der Waals surface area contributed by atoms with Gasteiger partial charge in [0.05, 0.1) is 9.85 Å². The fourth-order valence-electron chi connectivity index (χ4n) is 3.42. The SMILES string of the molecule is CC(C)C[C@H](NC(=O)OCc1ccccc1)C(=O)O.O=C(COc1ccccc1[N+](=O)[O-])COc1ccccc1[N+](=O)[O-]. The molecule has 0 radical (unpaired) electrons. The van der Waals surface area contributed by atoms with Crippen LogP contribution in [0.2, 0.25) is 0 Å². The smallest absolute Gasteiger partial charge is 0.408 e. The first kappa shape index (κ1) is 33.7. The monoisotopic (exact) mass is 597 g/mol. The number of nitrogens with one attached hydrogen (secondary N) is 1. The molecule has 0 saturated heterocycles. The number of aliphatic carboxylic acids is 1. The number of amides is 1. The Balaban J connectivity index is 0.000000309. The largest absolute Gasteiger partial charge is 0.480 e. The molecule has 0 heterocycles. The highest BCUT2D eigenvalue weighted by molar-refractivity contribution is 5.81. The zero-order valence-corrected chi connectivity index (χ0v) is 23.4. The van der Waals surface area contributed by atoms with Crippen molar-refractivity contribution in [2.45, 2.75) is 32.9 Å². The Labute approximate surface area is 246 Å². The Morgan fingerprint density at radius 3 is 1.70 bits per heavy atom. The fraction of sp³-hybridized carbons (Fsp3) is 0.276. The minimum atomic E-state index is -1.05. The van der Waals surface area contributed by atoms with Crippen molar-refractivity contribution in [3.05, 3.63) is 105 Å². The summed E-state index contributed by atoms with van der Waals surface area (Å²) in [4.78, 5) is 54.7. The van der Waals surface area contributed by atoms with Crippen molar-refractivity contribution in [2.24, 2.45) is 5.92 Å². The van der Waals surface area contributed by atoms with Gasteiger partial charge in [-0.1, -0.05) is 68.4 Å². The number of nitro groups is 2. The minimum Gasteiger partial charge on any atom is -0.480 e. The lowest BCUT2D eigenvalue weighted by Crippen LogP contribution is -2.41. The molecule has 228 valence electrons. The third-order valence-electron chi connectivity index (χ3n) is 5.41. The summed E-state index contributed by atoms with van der Waals surface area (Å²) in [6.07, 6.45) is -0.340. The molecule has 43 heavy (non-hydrogen) atoms. The zero-order chi connectivity index (χ0) is 31.8. The number of Topliss-reactive ketones (excluding diaryl/α,β-unsaturated/α-hetero) is 1. The summed E-state index contributed by atoms with van der Waals surface area (Å²) in [6.45, 7) is 3.01. The van der Waals surface area contributed by atoms with Crippen molar-refractivity contribution >= 4 is 29.2 Å². The summed E-state index contributed by atoms with van der Waals surface area (Å²) in [6, 6.07) is 19.6. The van der Waals surface area contributed by atoms with Gasteiger partial charge < -0.3 is 24.6 Å². The Morgan fingerprint density at radius 1 is 0.791 bits per heavy atom. The van der Waals surface area contributed by atoms with E-state index in [2.05, 4.69) is 5.32 Å². The second kappa shape index (κ2) is 17.3. The predicted molar refractivity (Wildman–Crippen MR) is 153 cm³/mol. The van der Waals surface area contributed by atoms with E-state index in [1.165, 1.54) is 48.5 Å². The van der Waals surface area contributed by atoms with Crippen molar-refractivity contribution in [3.8, 4) is 11.5 Å². The molecule has 14 nitrogen and oxygen atoms in total. The van der Waals surface area contributed by atoms with Gasteiger partial charge in [-0.15, -0.1) is 0 Å². The van der Waals surface area contributed by atoms with Crippen LogP contribution >= 0.6 is 0 Å². The van der Waals surface area contributed by atoms with Gasteiger partial charge in [-0.05, 0) is 30.0 Å². The Bertz CT molecular complexity index is 1330. The molecule has 0 aliphatic heterocycles. The van der Waals surface area contributed by atoms with E-state index < -0.39 is 46.9 Å². The number of nitro benzene ring substituents is 2. The zero-order valence-electron chi connectivity index (χ0n) is 23.4. The normalized spacial score (nSPS) is 10.9. The molecule has 0 saturated carbocycles. The molecule has 1 atom stereocenters. The third kappa shape index (κ3) is 12.3. The van der Waals surface area contributed by atoms with Crippen molar-refractivity contribution in [3.63, 3.8) is 0 Å². The van der Waals surface area contributed by atoms with Crippen molar-refractivity contribution in [1.82, 2.24) is 5.32 Å². The maximum Gasteiger partial charge on any atom is 0.408 e. The van der Waals surface area contributed by atoms with Crippen molar-refractivity contribution < 1.29 is 43.5 Å². The van der Waals surface area contributed by atoms with Crippen LogP contribution in [0.3, 0.4) is 0 Å². The first-order valence-corrected chi connectivity index (χ1v) is 12.9.